The molecule has 22 heavy (non-hydrogen) atoms. The van der Waals surface area contributed by atoms with Crippen LogP contribution in [0, 0.1) is 0 Å². The van der Waals surface area contributed by atoms with Crippen molar-refractivity contribution in [1.29, 1.82) is 0 Å². The predicted octanol–water partition coefficient (Wildman–Crippen LogP) is 3.08. The number of likely N-dealkylation sites (N-methyl/N-ethyl adjacent to an activating group) is 1. The highest BCUT2D eigenvalue weighted by molar-refractivity contribution is 5.75. The maximum absolute atomic E-state index is 11.0. The first-order valence-electron chi connectivity index (χ1n) is 7.96. The highest BCUT2D eigenvalue weighted by atomic mass is 16.6. The third-order valence-corrected chi connectivity index (χ3v) is 4.84. The zero-order valence-electron chi connectivity index (χ0n) is 13.2. The van der Waals surface area contributed by atoms with E-state index in [9.17, 15) is 4.79 Å². The molecule has 1 aliphatic heterocycles. The SMILES string of the molecule is CCC1OC1C1(N(C)CC=O)C=CC(c2ccccc2)=CC1. The Morgan fingerprint density at radius 3 is 2.68 bits per heavy atom. The molecule has 3 unspecified atom stereocenters. The number of aldehydes is 1. The molecule has 3 heteroatoms. The molecule has 0 saturated carbocycles. The molecule has 2 aliphatic rings. The molecule has 1 saturated heterocycles. The van der Waals surface area contributed by atoms with Crippen LogP contribution in [0.5, 0.6) is 0 Å². The number of hydrogen-bond acceptors (Lipinski definition) is 3. The van der Waals surface area contributed by atoms with E-state index in [-0.39, 0.29) is 11.6 Å². The molecular formula is C19H23NO2. The van der Waals surface area contributed by atoms with Crippen LogP contribution in [0.15, 0.2) is 48.6 Å². The number of allylic oxidation sites excluding steroid dienone is 2. The van der Waals surface area contributed by atoms with Gasteiger partial charge in [0.25, 0.3) is 0 Å². The van der Waals surface area contributed by atoms with Gasteiger partial charge in [-0.05, 0) is 31.0 Å². The summed E-state index contributed by atoms with van der Waals surface area (Å²) in [5.41, 5.74) is 2.28. The number of benzene rings is 1. The van der Waals surface area contributed by atoms with Crippen LogP contribution >= 0.6 is 0 Å². The number of carbonyl (C=O) groups is 1. The quantitative estimate of drug-likeness (QED) is 0.597. The lowest BCUT2D eigenvalue weighted by Gasteiger charge is -2.39. The monoisotopic (exact) mass is 297 g/mol. The minimum Gasteiger partial charge on any atom is -0.367 e. The first kappa shape index (κ1) is 15.2. The van der Waals surface area contributed by atoms with Crippen LogP contribution in [-0.2, 0) is 9.53 Å². The standard InChI is InChI=1S/C19H23NO2/c1-3-17-18(22-17)19(20(2)13-14-21)11-9-16(10-12-19)15-7-5-4-6-8-15/h4-11,14,17-18H,3,12-13H2,1-2H3. The second-order valence-corrected chi connectivity index (χ2v) is 6.10. The van der Waals surface area contributed by atoms with Gasteiger partial charge in [0.1, 0.15) is 12.4 Å². The number of epoxide rings is 1. The predicted molar refractivity (Wildman–Crippen MR) is 88.6 cm³/mol. The normalized spacial score (nSPS) is 30.2. The van der Waals surface area contributed by atoms with E-state index in [1.54, 1.807) is 0 Å². The fourth-order valence-corrected chi connectivity index (χ4v) is 3.37. The zero-order valence-corrected chi connectivity index (χ0v) is 13.2. The summed E-state index contributed by atoms with van der Waals surface area (Å²) >= 11 is 0. The van der Waals surface area contributed by atoms with E-state index >= 15 is 0 Å². The second-order valence-electron chi connectivity index (χ2n) is 6.10. The maximum Gasteiger partial charge on any atom is 0.133 e. The highest BCUT2D eigenvalue weighted by Crippen LogP contribution is 2.43. The van der Waals surface area contributed by atoms with Crippen molar-refractivity contribution in [2.24, 2.45) is 0 Å². The van der Waals surface area contributed by atoms with Crippen molar-refractivity contribution >= 4 is 11.9 Å². The molecular weight excluding hydrogens is 274 g/mol. The number of hydrogen-bond donors (Lipinski definition) is 0. The molecule has 3 atom stereocenters. The van der Waals surface area contributed by atoms with Crippen LogP contribution < -0.4 is 0 Å². The summed E-state index contributed by atoms with van der Waals surface area (Å²) in [5, 5.41) is 0. The lowest BCUT2D eigenvalue weighted by molar-refractivity contribution is -0.109. The van der Waals surface area contributed by atoms with Crippen molar-refractivity contribution in [2.75, 3.05) is 13.6 Å². The van der Waals surface area contributed by atoms with Gasteiger partial charge in [-0.1, -0.05) is 55.5 Å². The molecule has 0 N–H and O–H groups in total. The topological polar surface area (TPSA) is 32.8 Å². The van der Waals surface area contributed by atoms with Gasteiger partial charge >= 0.3 is 0 Å². The molecule has 1 aromatic rings. The average Bonchev–Trinajstić information content (AvgIpc) is 3.36. The zero-order chi connectivity index (χ0) is 15.6. The van der Waals surface area contributed by atoms with Crippen molar-refractivity contribution in [3.63, 3.8) is 0 Å². The van der Waals surface area contributed by atoms with E-state index in [4.69, 9.17) is 4.74 Å². The van der Waals surface area contributed by atoms with Gasteiger partial charge in [0.15, 0.2) is 0 Å². The van der Waals surface area contributed by atoms with Gasteiger partial charge in [0, 0.05) is 0 Å². The van der Waals surface area contributed by atoms with Gasteiger partial charge in [0.2, 0.25) is 0 Å². The fourth-order valence-electron chi connectivity index (χ4n) is 3.37. The highest BCUT2D eigenvalue weighted by Gasteiger charge is 2.54. The van der Waals surface area contributed by atoms with E-state index in [2.05, 4.69) is 54.3 Å². The summed E-state index contributed by atoms with van der Waals surface area (Å²) in [5.74, 6) is 0. The first-order chi connectivity index (χ1) is 10.7. The molecule has 116 valence electrons. The second kappa shape index (κ2) is 6.19. The van der Waals surface area contributed by atoms with Crippen molar-refractivity contribution in [2.45, 2.75) is 37.5 Å². The molecule has 3 rings (SSSR count). The molecule has 0 amide bonds. The fraction of sp³-hybridized carbons (Fsp3) is 0.421. The van der Waals surface area contributed by atoms with Crippen LogP contribution in [0.4, 0.5) is 0 Å². The maximum atomic E-state index is 11.0. The van der Waals surface area contributed by atoms with Crippen molar-refractivity contribution in [3.05, 3.63) is 54.1 Å². The molecule has 1 aromatic carbocycles. The third-order valence-electron chi connectivity index (χ3n) is 4.84. The van der Waals surface area contributed by atoms with E-state index in [1.807, 2.05) is 13.1 Å². The molecule has 0 bridgehead atoms. The van der Waals surface area contributed by atoms with Gasteiger partial charge in [-0.3, -0.25) is 4.90 Å². The Balaban J connectivity index is 1.84. The Morgan fingerprint density at radius 2 is 2.14 bits per heavy atom. The summed E-state index contributed by atoms with van der Waals surface area (Å²) in [6.45, 7) is 2.57. The first-order valence-corrected chi connectivity index (χ1v) is 7.96. The van der Waals surface area contributed by atoms with Crippen LogP contribution in [0.3, 0.4) is 0 Å². The van der Waals surface area contributed by atoms with E-state index in [1.165, 1.54) is 11.1 Å². The van der Waals surface area contributed by atoms with Gasteiger partial charge in [-0.2, -0.15) is 0 Å². The molecule has 1 fully saturated rings. The molecule has 0 radical (unpaired) electrons. The minimum atomic E-state index is -0.195. The number of ether oxygens (including phenoxy) is 1. The third kappa shape index (κ3) is 2.67. The smallest absolute Gasteiger partial charge is 0.133 e. The van der Waals surface area contributed by atoms with Crippen molar-refractivity contribution in [1.82, 2.24) is 4.90 Å². The molecule has 1 aliphatic carbocycles. The molecule has 1 heterocycles. The number of nitrogens with zero attached hydrogens (tertiary/aromatic N) is 1. The summed E-state index contributed by atoms with van der Waals surface area (Å²) in [6, 6.07) is 10.4. The Bertz CT molecular complexity index is 593. The Morgan fingerprint density at radius 1 is 1.36 bits per heavy atom. The van der Waals surface area contributed by atoms with Crippen LogP contribution in [0.2, 0.25) is 0 Å². The number of rotatable bonds is 6. The van der Waals surface area contributed by atoms with Gasteiger partial charge in [-0.15, -0.1) is 0 Å². The van der Waals surface area contributed by atoms with E-state index < -0.39 is 0 Å². The van der Waals surface area contributed by atoms with Crippen molar-refractivity contribution < 1.29 is 9.53 Å². The average molecular weight is 297 g/mol. The molecule has 0 spiro atoms. The summed E-state index contributed by atoms with van der Waals surface area (Å²) in [4.78, 5) is 13.1. The van der Waals surface area contributed by atoms with Gasteiger partial charge < -0.3 is 9.53 Å². The minimum absolute atomic E-state index is 0.187. The summed E-state index contributed by atoms with van der Waals surface area (Å²) < 4.78 is 5.88. The van der Waals surface area contributed by atoms with E-state index in [0.29, 0.717) is 12.6 Å². The largest absolute Gasteiger partial charge is 0.367 e. The van der Waals surface area contributed by atoms with Crippen LogP contribution in [0.25, 0.3) is 5.57 Å². The lowest BCUT2D eigenvalue weighted by atomic mass is 9.81. The molecule has 0 aromatic heterocycles. The van der Waals surface area contributed by atoms with E-state index in [0.717, 1.165) is 19.1 Å². The summed E-state index contributed by atoms with van der Waals surface area (Å²) in [6.07, 6.45) is 10.0. The van der Waals surface area contributed by atoms with Crippen LogP contribution in [0.1, 0.15) is 25.3 Å². The van der Waals surface area contributed by atoms with Gasteiger partial charge in [-0.25, -0.2) is 0 Å². The van der Waals surface area contributed by atoms with Crippen molar-refractivity contribution in [3.8, 4) is 0 Å². The summed E-state index contributed by atoms with van der Waals surface area (Å²) in [7, 11) is 2.01. The molecule has 3 nitrogen and oxygen atoms in total. The Kier molecular flexibility index (Phi) is 4.27. The van der Waals surface area contributed by atoms with Gasteiger partial charge in [0.05, 0.1) is 18.2 Å². The van der Waals surface area contributed by atoms with Crippen LogP contribution in [-0.4, -0.2) is 42.5 Å². The lowest BCUT2D eigenvalue weighted by Crippen LogP contribution is -2.51. The Labute approximate surface area is 132 Å². The number of carbonyl (C=O) groups excluding carboxylic acids is 1. The Hall–Kier alpha value is -1.71.